The van der Waals surface area contributed by atoms with Gasteiger partial charge >= 0.3 is 6.03 Å². The van der Waals surface area contributed by atoms with Crippen LogP contribution in [0.4, 0.5) is 14.9 Å². The number of aryl methyl sites for hydroxylation is 1. The number of aromatic nitrogens is 3. The summed E-state index contributed by atoms with van der Waals surface area (Å²) >= 11 is 0. The molecule has 0 aliphatic carbocycles. The minimum absolute atomic E-state index is 0.0399. The lowest BCUT2D eigenvalue weighted by Crippen LogP contribution is -2.39. The van der Waals surface area contributed by atoms with Gasteiger partial charge in [-0.25, -0.2) is 18.9 Å². The van der Waals surface area contributed by atoms with E-state index in [9.17, 15) is 14.0 Å². The number of fused-ring (bicyclic) bond motifs is 1. The second kappa shape index (κ2) is 5.83. The molecule has 3 amide bonds. The summed E-state index contributed by atoms with van der Waals surface area (Å²) in [5.74, 6) is 0.326. The first-order valence-corrected chi connectivity index (χ1v) is 8.07. The van der Waals surface area contributed by atoms with Crippen molar-refractivity contribution in [2.75, 3.05) is 24.5 Å². The Labute approximate surface area is 143 Å². The number of hydrogen-bond acceptors (Lipinski definition) is 4. The van der Waals surface area contributed by atoms with Gasteiger partial charge in [-0.3, -0.25) is 9.69 Å². The van der Waals surface area contributed by atoms with E-state index in [1.54, 1.807) is 16.5 Å². The zero-order valence-electron chi connectivity index (χ0n) is 13.7. The second-order valence-corrected chi connectivity index (χ2v) is 6.07. The maximum Gasteiger partial charge on any atom is 0.321 e. The summed E-state index contributed by atoms with van der Waals surface area (Å²) in [5.41, 5.74) is 0.470. The molecular weight excluding hydrogens is 327 g/mol. The van der Waals surface area contributed by atoms with Gasteiger partial charge in [0.25, 0.3) is 5.91 Å². The number of rotatable bonds is 2. The predicted octanol–water partition coefficient (Wildman–Crippen LogP) is 0.911. The van der Waals surface area contributed by atoms with Gasteiger partial charge in [-0.1, -0.05) is 0 Å². The fourth-order valence-corrected chi connectivity index (χ4v) is 3.17. The first-order chi connectivity index (χ1) is 12.0. The monoisotopic (exact) mass is 344 g/mol. The number of nitrogens with one attached hydrogen (secondary N) is 1. The van der Waals surface area contributed by atoms with Gasteiger partial charge in [-0.05, 0) is 25.1 Å². The summed E-state index contributed by atoms with van der Waals surface area (Å²) in [6.45, 7) is 4.06. The Morgan fingerprint density at radius 1 is 1.28 bits per heavy atom. The fourth-order valence-electron chi connectivity index (χ4n) is 3.17. The SMILES string of the molecule is Cc1nc2n(n1)CCN(C(=O)c1cc(N3CCNC3=O)ccc1F)C2. The lowest BCUT2D eigenvalue weighted by atomic mass is 10.1. The van der Waals surface area contributed by atoms with Crippen LogP contribution in [0.25, 0.3) is 0 Å². The van der Waals surface area contributed by atoms with E-state index in [0.29, 0.717) is 43.5 Å². The van der Waals surface area contributed by atoms with Gasteiger partial charge < -0.3 is 10.2 Å². The molecule has 2 aromatic rings. The van der Waals surface area contributed by atoms with Crippen LogP contribution in [0.2, 0.25) is 0 Å². The Bertz CT molecular complexity index is 864. The van der Waals surface area contributed by atoms with E-state index in [0.717, 1.165) is 0 Å². The van der Waals surface area contributed by atoms with Crippen molar-refractivity contribution in [3.63, 3.8) is 0 Å². The summed E-state index contributed by atoms with van der Waals surface area (Å²) in [4.78, 5) is 31.9. The van der Waals surface area contributed by atoms with Crippen LogP contribution in [-0.4, -0.2) is 51.2 Å². The predicted molar refractivity (Wildman–Crippen MR) is 86.6 cm³/mol. The standard InChI is InChI=1S/C16H17FN6O2/c1-10-19-14-9-21(6-7-23(14)20-10)15(24)12-8-11(2-3-13(12)17)22-5-4-18-16(22)25/h2-3,8H,4-7,9H2,1H3,(H,18,25). The summed E-state index contributed by atoms with van der Waals surface area (Å²) in [5, 5.41) is 6.94. The molecule has 0 unspecified atom stereocenters. The van der Waals surface area contributed by atoms with Gasteiger partial charge in [-0.15, -0.1) is 0 Å². The van der Waals surface area contributed by atoms with E-state index in [1.807, 2.05) is 0 Å². The van der Waals surface area contributed by atoms with Crippen molar-refractivity contribution >= 4 is 17.6 Å². The van der Waals surface area contributed by atoms with Crippen molar-refractivity contribution in [1.29, 1.82) is 0 Å². The van der Waals surface area contributed by atoms with Crippen LogP contribution in [0.1, 0.15) is 22.0 Å². The highest BCUT2D eigenvalue weighted by atomic mass is 19.1. The fraction of sp³-hybridized carbons (Fsp3) is 0.375. The third kappa shape index (κ3) is 2.71. The summed E-state index contributed by atoms with van der Waals surface area (Å²) < 4.78 is 16.0. The molecule has 2 aliphatic heterocycles. The molecule has 25 heavy (non-hydrogen) atoms. The molecule has 2 aliphatic rings. The molecule has 1 N–H and O–H groups in total. The average Bonchev–Trinajstić information content (AvgIpc) is 3.18. The van der Waals surface area contributed by atoms with Gasteiger partial charge in [0.2, 0.25) is 0 Å². The van der Waals surface area contributed by atoms with Crippen molar-refractivity contribution in [3.05, 3.63) is 41.2 Å². The van der Waals surface area contributed by atoms with Crippen LogP contribution in [0, 0.1) is 12.7 Å². The maximum atomic E-state index is 14.3. The number of carbonyl (C=O) groups excluding carboxylic acids is 2. The highest BCUT2D eigenvalue weighted by Gasteiger charge is 2.28. The molecule has 4 rings (SSSR count). The van der Waals surface area contributed by atoms with Gasteiger partial charge in [-0.2, -0.15) is 5.10 Å². The number of anilines is 1. The molecule has 130 valence electrons. The Kier molecular flexibility index (Phi) is 3.63. The molecule has 3 heterocycles. The number of benzene rings is 1. The Hall–Kier alpha value is -2.97. The van der Waals surface area contributed by atoms with Gasteiger partial charge in [0.15, 0.2) is 0 Å². The molecule has 0 bridgehead atoms. The molecule has 1 saturated heterocycles. The van der Waals surface area contributed by atoms with Crippen LogP contribution < -0.4 is 10.2 Å². The summed E-state index contributed by atoms with van der Waals surface area (Å²) in [6, 6.07) is 3.93. The van der Waals surface area contributed by atoms with Crippen molar-refractivity contribution in [3.8, 4) is 0 Å². The van der Waals surface area contributed by atoms with E-state index < -0.39 is 11.7 Å². The van der Waals surface area contributed by atoms with Crippen molar-refractivity contribution in [1.82, 2.24) is 25.0 Å². The lowest BCUT2D eigenvalue weighted by molar-refractivity contribution is 0.0697. The average molecular weight is 344 g/mol. The number of urea groups is 1. The maximum absolute atomic E-state index is 14.3. The van der Waals surface area contributed by atoms with E-state index in [1.165, 1.54) is 23.1 Å². The topological polar surface area (TPSA) is 83.4 Å². The quantitative estimate of drug-likeness (QED) is 0.878. The number of nitrogens with zero attached hydrogens (tertiary/aromatic N) is 5. The van der Waals surface area contributed by atoms with Crippen LogP contribution in [0.15, 0.2) is 18.2 Å². The van der Waals surface area contributed by atoms with Crippen molar-refractivity contribution in [2.24, 2.45) is 0 Å². The van der Waals surface area contributed by atoms with E-state index in [2.05, 4.69) is 15.4 Å². The Morgan fingerprint density at radius 2 is 2.12 bits per heavy atom. The minimum Gasteiger partial charge on any atom is -0.336 e. The summed E-state index contributed by atoms with van der Waals surface area (Å²) in [7, 11) is 0. The zero-order chi connectivity index (χ0) is 17.6. The molecule has 1 fully saturated rings. The van der Waals surface area contributed by atoms with Crippen LogP contribution in [-0.2, 0) is 13.1 Å². The first kappa shape index (κ1) is 15.6. The van der Waals surface area contributed by atoms with E-state index >= 15 is 0 Å². The van der Waals surface area contributed by atoms with Crippen LogP contribution >= 0.6 is 0 Å². The Balaban J connectivity index is 1.61. The highest BCUT2D eigenvalue weighted by molar-refractivity contribution is 5.98. The van der Waals surface area contributed by atoms with Gasteiger partial charge in [0, 0.05) is 25.3 Å². The number of amides is 3. The summed E-state index contributed by atoms with van der Waals surface area (Å²) in [6.07, 6.45) is 0. The van der Waals surface area contributed by atoms with Crippen molar-refractivity contribution < 1.29 is 14.0 Å². The third-order valence-electron chi connectivity index (χ3n) is 4.40. The lowest BCUT2D eigenvalue weighted by Gasteiger charge is -2.27. The normalized spacial score (nSPS) is 16.8. The van der Waals surface area contributed by atoms with Crippen molar-refractivity contribution in [2.45, 2.75) is 20.0 Å². The van der Waals surface area contributed by atoms with Gasteiger partial charge in [0.1, 0.15) is 17.5 Å². The minimum atomic E-state index is -0.600. The molecular formula is C16H17FN6O2. The molecule has 0 atom stereocenters. The van der Waals surface area contributed by atoms with Crippen LogP contribution in [0.3, 0.4) is 0 Å². The molecule has 1 aromatic heterocycles. The highest BCUT2D eigenvalue weighted by Crippen LogP contribution is 2.23. The zero-order valence-corrected chi connectivity index (χ0v) is 13.7. The molecule has 1 aromatic carbocycles. The third-order valence-corrected chi connectivity index (χ3v) is 4.40. The Morgan fingerprint density at radius 3 is 2.88 bits per heavy atom. The molecule has 0 radical (unpaired) electrons. The molecule has 8 nitrogen and oxygen atoms in total. The number of halogens is 1. The molecule has 9 heteroatoms. The van der Waals surface area contributed by atoms with E-state index in [4.69, 9.17) is 0 Å². The largest absolute Gasteiger partial charge is 0.336 e. The van der Waals surface area contributed by atoms with E-state index in [-0.39, 0.29) is 18.1 Å². The molecule has 0 saturated carbocycles. The van der Waals surface area contributed by atoms with Crippen LogP contribution in [0.5, 0.6) is 0 Å². The first-order valence-electron chi connectivity index (χ1n) is 8.07. The number of carbonyl (C=O) groups is 2. The molecule has 0 spiro atoms. The number of hydrogen-bond donors (Lipinski definition) is 1. The smallest absolute Gasteiger partial charge is 0.321 e. The second-order valence-electron chi connectivity index (χ2n) is 6.07. The van der Waals surface area contributed by atoms with Gasteiger partial charge in [0.05, 0.1) is 18.7 Å².